The highest BCUT2D eigenvalue weighted by Gasteiger charge is 2.31. The summed E-state index contributed by atoms with van der Waals surface area (Å²) in [5, 5.41) is 2.80. The molecule has 1 aliphatic rings. The molecule has 8 heteroatoms. The van der Waals surface area contributed by atoms with Crippen LogP contribution < -0.4 is 5.32 Å². The average molecular weight is 555 g/mol. The molecule has 0 spiro atoms. The van der Waals surface area contributed by atoms with Crippen molar-refractivity contribution < 1.29 is 18.0 Å². The Kier molecular flexibility index (Phi) is 7.54. The zero-order chi connectivity index (χ0) is 25.2. The molecule has 35 heavy (non-hydrogen) atoms. The van der Waals surface area contributed by atoms with Crippen LogP contribution in [0.2, 0.25) is 0 Å². The molecule has 6 nitrogen and oxygen atoms in total. The van der Waals surface area contributed by atoms with E-state index in [1.807, 2.05) is 6.07 Å². The first kappa shape index (κ1) is 25.3. The fraction of sp³-hybridized carbons (Fsp3) is 0.259. The Morgan fingerprint density at radius 3 is 2.14 bits per heavy atom. The molecule has 0 unspecified atom stereocenters. The summed E-state index contributed by atoms with van der Waals surface area (Å²) in [6.07, 6.45) is 1.01. The predicted octanol–water partition coefficient (Wildman–Crippen LogP) is 5.60. The summed E-state index contributed by atoms with van der Waals surface area (Å²) < 4.78 is 28.5. The Balaban J connectivity index is 1.54. The Morgan fingerprint density at radius 2 is 1.51 bits per heavy atom. The van der Waals surface area contributed by atoms with Gasteiger partial charge in [0.2, 0.25) is 10.0 Å². The highest BCUT2D eigenvalue weighted by atomic mass is 79.9. The molecule has 1 N–H and O–H groups in total. The summed E-state index contributed by atoms with van der Waals surface area (Å²) in [6.45, 7) is 5.11. The van der Waals surface area contributed by atoms with Gasteiger partial charge in [0.15, 0.2) is 5.78 Å². The maximum Gasteiger partial charge on any atom is 0.255 e. The number of halogens is 1. The van der Waals surface area contributed by atoms with E-state index < -0.39 is 15.9 Å². The van der Waals surface area contributed by atoms with E-state index in [9.17, 15) is 18.0 Å². The molecule has 0 radical (unpaired) electrons. The molecule has 182 valence electrons. The lowest BCUT2D eigenvalue weighted by Crippen LogP contribution is -2.42. The van der Waals surface area contributed by atoms with Gasteiger partial charge < -0.3 is 5.32 Å². The van der Waals surface area contributed by atoms with Crippen molar-refractivity contribution in [1.29, 1.82) is 0 Å². The third-order valence-electron chi connectivity index (χ3n) is 6.10. The molecule has 4 rings (SSSR count). The Morgan fingerprint density at radius 1 is 0.886 bits per heavy atom. The molecule has 1 saturated heterocycles. The van der Waals surface area contributed by atoms with E-state index in [0.29, 0.717) is 51.8 Å². The van der Waals surface area contributed by atoms with Gasteiger partial charge in [-0.2, -0.15) is 4.31 Å². The van der Waals surface area contributed by atoms with Crippen LogP contribution in [0.3, 0.4) is 0 Å². The van der Waals surface area contributed by atoms with E-state index in [4.69, 9.17) is 0 Å². The average Bonchev–Trinajstić information content (AvgIpc) is 2.84. The van der Waals surface area contributed by atoms with Crippen molar-refractivity contribution in [3.8, 4) is 0 Å². The van der Waals surface area contributed by atoms with Crippen LogP contribution in [0.1, 0.15) is 46.5 Å². The molecule has 0 aromatic heterocycles. The Labute approximate surface area is 214 Å². The quantitative estimate of drug-likeness (QED) is 0.402. The van der Waals surface area contributed by atoms with Crippen molar-refractivity contribution >= 4 is 43.3 Å². The van der Waals surface area contributed by atoms with Gasteiger partial charge in [0.1, 0.15) is 0 Å². The number of rotatable bonds is 6. The highest BCUT2D eigenvalue weighted by molar-refractivity contribution is 9.10. The van der Waals surface area contributed by atoms with Gasteiger partial charge >= 0.3 is 0 Å². The molecule has 3 aromatic rings. The zero-order valence-electron chi connectivity index (χ0n) is 19.6. The highest BCUT2D eigenvalue weighted by Crippen LogP contribution is 2.28. The first-order chi connectivity index (χ1) is 16.6. The largest absolute Gasteiger partial charge is 0.321 e. The lowest BCUT2D eigenvalue weighted by molar-refractivity contribution is 0.102. The van der Waals surface area contributed by atoms with Gasteiger partial charge in [0.25, 0.3) is 5.91 Å². The first-order valence-corrected chi connectivity index (χ1v) is 13.7. The molecule has 1 aliphatic heterocycles. The fourth-order valence-corrected chi connectivity index (χ4v) is 6.52. The van der Waals surface area contributed by atoms with Crippen molar-refractivity contribution in [1.82, 2.24) is 4.31 Å². The van der Waals surface area contributed by atoms with E-state index in [0.717, 1.165) is 6.42 Å². The van der Waals surface area contributed by atoms with Gasteiger partial charge in [-0.05, 0) is 60.7 Å². The van der Waals surface area contributed by atoms with Crippen molar-refractivity contribution in [2.24, 2.45) is 11.8 Å². The van der Waals surface area contributed by atoms with Crippen LogP contribution in [-0.4, -0.2) is 37.5 Å². The molecular formula is C27H27BrN2O4S. The molecule has 1 amide bonds. The summed E-state index contributed by atoms with van der Waals surface area (Å²) in [4.78, 5) is 26.2. The molecule has 3 aromatic carbocycles. The number of piperidine rings is 1. The molecule has 0 saturated carbocycles. The van der Waals surface area contributed by atoms with Gasteiger partial charge in [-0.15, -0.1) is 0 Å². The van der Waals surface area contributed by atoms with Crippen LogP contribution in [0.5, 0.6) is 0 Å². The second-order valence-corrected chi connectivity index (χ2v) is 12.0. The summed E-state index contributed by atoms with van der Waals surface area (Å²) in [7, 11) is -3.63. The third kappa shape index (κ3) is 5.72. The number of nitrogens with zero attached hydrogens (tertiary/aromatic N) is 1. The van der Waals surface area contributed by atoms with Crippen molar-refractivity contribution in [2.75, 3.05) is 18.4 Å². The number of hydrogen-bond donors (Lipinski definition) is 1. The van der Waals surface area contributed by atoms with Crippen LogP contribution in [0.15, 0.2) is 82.2 Å². The number of nitrogens with one attached hydrogen (secondary N) is 1. The number of carbonyl (C=O) groups is 2. The molecule has 1 fully saturated rings. The first-order valence-electron chi connectivity index (χ1n) is 11.5. The number of carbonyl (C=O) groups excluding carboxylic acids is 2. The number of anilines is 1. The van der Waals surface area contributed by atoms with Gasteiger partial charge in [0, 0.05) is 34.3 Å². The van der Waals surface area contributed by atoms with Gasteiger partial charge in [-0.3, -0.25) is 9.59 Å². The molecule has 2 atom stereocenters. The molecule has 0 aliphatic carbocycles. The van der Waals surface area contributed by atoms with E-state index in [1.54, 1.807) is 42.5 Å². The lowest BCUT2D eigenvalue weighted by Gasteiger charge is -2.34. The topological polar surface area (TPSA) is 83.6 Å². The molecule has 1 heterocycles. The number of sulfonamides is 1. The van der Waals surface area contributed by atoms with Crippen LogP contribution in [0.4, 0.5) is 5.69 Å². The Bertz CT molecular complexity index is 1330. The van der Waals surface area contributed by atoms with E-state index in [2.05, 4.69) is 35.1 Å². The SMILES string of the molecule is C[C@@H]1C[C@@H](C)CN(S(=O)(=O)c2ccc(C(=O)Nc3ccc(Br)cc3C(=O)c3ccccc3)cc2)C1. The minimum atomic E-state index is -3.63. The minimum Gasteiger partial charge on any atom is -0.321 e. The smallest absolute Gasteiger partial charge is 0.255 e. The zero-order valence-corrected chi connectivity index (χ0v) is 22.0. The van der Waals surface area contributed by atoms with Crippen LogP contribution in [0.25, 0.3) is 0 Å². The lowest BCUT2D eigenvalue weighted by atomic mass is 9.94. The van der Waals surface area contributed by atoms with Crippen molar-refractivity contribution in [2.45, 2.75) is 25.2 Å². The van der Waals surface area contributed by atoms with Crippen molar-refractivity contribution in [3.63, 3.8) is 0 Å². The number of benzene rings is 3. The second kappa shape index (κ2) is 10.4. The number of amides is 1. The molecule has 0 bridgehead atoms. The second-order valence-electron chi connectivity index (χ2n) is 9.13. The fourth-order valence-electron chi connectivity index (χ4n) is 4.48. The normalized spacial score (nSPS) is 18.7. The number of hydrogen-bond acceptors (Lipinski definition) is 4. The van der Waals surface area contributed by atoms with E-state index >= 15 is 0 Å². The van der Waals surface area contributed by atoms with Crippen LogP contribution >= 0.6 is 15.9 Å². The Hall–Kier alpha value is -2.81. The minimum absolute atomic E-state index is 0.166. The maximum absolute atomic E-state index is 13.1. The summed E-state index contributed by atoms with van der Waals surface area (Å²) >= 11 is 3.39. The number of ketones is 1. The predicted molar refractivity (Wildman–Crippen MR) is 140 cm³/mol. The van der Waals surface area contributed by atoms with Crippen LogP contribution in [0, 0.1) is 11.8 Å². The van der Waals surface area contributed by atoms with Gasteiger partial charge in [-0.25, -0.2) is 8.42 Å². The maximum atomic E-state index is 13.1. The van der Waals surface area contributed by atoms with Gasteiger partial charge in [0.05, 0.1) is 10.6 Å². The van der Waals surface area contributed by atoms with Crippen molar-refractivity contribution in [3.05, 3.63) is 94.0 Å². The van der Waals surface area contributed by atoms with E-state index in [1.165, 1.54) is 28.6 Å². The monoisotopic (exact) mass is 554 g/mol. The standard InChI is InChI=1S/C27H27BrN2O4S/c1-18-14-19(2)17-30(16-18)35(33,34)23-11-8-21(9-12-23)27(32)29-25-13-10-22(28)15-24(25)26(31)20-6-4-3-5-7-20/h3-13,15,18-19H,14,16-17H2,1-2H3,(H,29,32)/t18-,19-/m1/s1. The van der Waals surface area contributed by atoms with Gasteiger partial charge in [-0.1, -0.05) is 60.1 Å². The molecular weight excluding hydrogens is 528 g/mol. The summed E-state index contributed by atoms with van der Waals surface area (Å²) in [6, 6.07) is 19.8. The summed E-state index contributed by atoms with van der Waals surface area (Å²) in [5.74, 6) is -0.0400. The van der Waals surface area contributed by atoms with E-state index in [-0.39, 0.29) is 10.7 Å². The summed E-state index contributed by atoms with van der Waals surface area (Å²) in [5.41, 5.74) is 1.54. The third-order valence-corrected chi connectivity index (χ3v) is 8.44. The van der Waals surface area contributed by atoms with Crippen LogP contribution in [-0.2, 0) is 10.0 Å².